The number of nitrogens with one attached hydrogen (secondary N) is 1. The number of rotatable bonds is 5. The van der Waals surface area contributed by atoms with E-state index in [-0.39, 0.29) is 11.7 Å². The normalized spacial score (nSPS) is 14.2. The number of hydrogen-bond donors (Lipinski definition) is 1. The average Bonchev–Trinajstić information content (AvgIpc) is 3.07. The Morgan fingerprint density at radius 1 is 1.23 bits per heavy atom. The molecule has 0 saturated carbocycles. The fourth-order valence-corrected chi connectivity index (χ4v) is 3.64. The first-order valence-corrected chi connectivity index (χ1v) is 10.2. The van der Waals surface area contributed by atoms with Crippen molar-refractivity contribution in [1.82, 2.24) is 14.8 Å². The zero-order chi connectivity index (χ0) is 21.8. The number of aromatic nitrogens is 3. The van der Waals surface area contributed by atoms with Gasteiger partial charge in [0.1, 0.15) is 11.0 Å². The number of aryl methyl sites for hydroxylation is 1. The summed E-state index contributed by atoms with van der Waals surface area (Å²) in [6.45, 7) is 4.47. The van der Waals surface area contributed by atoms with E-state index in [0.717, 1.165) is 0 Å². The number of carbonyl (C=O) groups excluding carboxylic acids is 1. The molecule has 0 unspecified atom stereocenters. The molecule has 160 valence electrons. The van der Waals surface area contributed by atoms with Gasteiger partial charge in [0.2, 0.25) is 5.91 Å². The van der Waals surface area contributed by atoms with Crippen molar-refractivity contribution in [3.8, 4) is 5.69 Å². The van der Waals surface area contributed by atoms with Crippen LogP contribution in [-0.2, 0) is 9.53 Å². The van der Waals surface area contributed by atoms with E-state index >= 15 is 0 Å². The molecule has 1 N–H and O–H groups in total. The number of hydrogen-bond acceptors (Lipinski definition) is 5. The van der Waals surface area contributed by atoms with E-state index in [0.29, 0.717) is 59.9 Å². The Hall–Kier alpha value is -3.23. The number of carbonyl (C=O) groups is 1. The van der Waals surface area contributed by atoms with Crippen LogP contribution in [0.1, 0.15) is 11.3 Å². The second-order valence-corrected chi connectivity index (χ2v) is 7.33. The van der Waals surface area contributed by atoms with Crippen LogP contribution < -0.4 is 10.2 Å². The van der Waals surface area contributed by atoms with Crippen molar-refractivity contribution in [3.05, 3.63) is 70.9 Å². The molecule has 0 radical (unpaired) electrons. The van der Waals surface area contributed by atoms with E-state index in [4.69, 9.17) is 16.3 Å². The van der Waals surface area contributed by atoms with E-state index in [1.165, 1.54) is 22.9 Å². The van der Waals surface area contributed by atoms with Crippen molar-refractivity contribution in [3.63, 3.8) is 0 Å². The Balaban J connectivity index is 1.51. The molecule has 1 amide bonds. The minimum Gasteiger partial charge on any atom is -0.378 e. The largest absolute Gasteiger partial charge is 0.378 e. The summed E-state index contributed by atoms with van der Waals surface area (Å²) in [4.78, 5) is 19.1. The standard InChI is InChI=1S/C22H21ClFN5O2/c1-15-18(21(23)29(27-15)17-6-4-16(24)5-7-17)8-9-20(30)26-19-3-2-10-25-22(19)28-11-13-31-14-12-28/h2-10H,11-14H2,1H3,(H,26,30)/b9-8+. The smallest absolute Gasteiger partial charge is 0.248 e. The van der Waals surface area contributed by atoms with Gasteiger partial charge in [0.15, 0.2) is 5.82 Å². The van der Waals surface area contributed by atoms with Crippen LogP contribution in [0.25, 0.3) is 11.8 Å². The first-order chi connectivity index (χ1) is 15.0. The molecule has 1 fully saturated rings. The maximum Gasteiger partial charge on any atom is 0.248 e. The van der Waals surface area contributed by atoms with E-state index in [9.17, 15) is 9.18 Å². The third-order valence-electron chi connectivity index (χ3n) is 4.88. The van der Waals surface area contributed by atoms with Crippen molar-refractivity contribution in [1.29, 1.82) is 0 Å². The Labute approximate surface area is 184 Å². The van der Waals surface area contributed by atoms with Gasteiger partial charge in [0.25, 0.3) is 0 Å². The van der Waals surface area contributed by atoms with Gasteiger partial charge in [0, 0.05) is 30.9 Å². The number of morpholine rings is 1. The predicted molar refractivity (Wildman–Crippen MR) is 118 cm³/mol. The zero-order valence-corrected chi connectivity index (χ0v) is 17.6. The zero-order valence-electron chi connectivity index (χ0n) is 16.9. The summed E-state index contributed by atoms with van der Waals surface area (Å²) in [5.41, 5.74) is 2.52. The van der Waals surface area contributed by atoms with Gasteiger partial charge in [-0.1, -0.05) is 11.6 Å². The van der Waals surface area contributed by atoms with Gasteiger partial charge < -0.3 is 15.0 Å². The quantitative estimate of drug-likeness (QED) is 0.609. The van der Waals surface area contributed by atoms with Crippen LogP contribution >= 0.6 is 11.6 Å². The highest BCUT2D eigenvalue weighted by Crippen LogP contribution is 2.26. The molecule has 9 heteroatoms. The molecule has 1 saturated heterocycles. The SMILES string of the molecule is Cc1nn(-c2ccc(F)cc2)c(Cl)c1/C=C/C(=O)Nc1cccnc1N1CCOCC1. The van der Waals surface area contributed by atoms with E-state index < -0.39 is 0 Å². The second-order valence-electron chi connectivity index (χ2n) is 6.97. The van der Waals surface area contributed by atoms with E-state index in [1.807, 2.05) is 6.07 Å². The molecule has 1 aliphatic rings. The number of ether oxygens (including phenoxy) is 1. The molecule has 1 aliphatic heterocycles. The molecular formula is C22H21ClFN5O2. The third kappa shape index (κ3) is 4.76. The van der Waals surface area contributed by atoms with Crippen molar-refractivity contribution in [2.24, 2.45) is 0 Å². The number of benzene rings is 1. The van der Waals surface area contributed by atoms with Crippen LogP contribution in [0.5, 0.6) is 0 Å². The van der Waals surface area contributed by atoms with Gasteiger partial charge in [-0.05, 0) is 49.4 Å². The molecule has 31 heavy (non-hydrogen) atoms. The summed E-state index contributed by atoms with van der Waals surface area (Å²) in [7, 11) is 0. The molecule has 0 aliphatic carbocycles. The first kappa shape index (κ1) is 21.0. The van der Waals surface area contributed by atoms with Gasteiger partial charge >= 0.3 is 0 Å². The van der Waals surface area contributed by atoms with E-state index in [2.05, 4.69) is 20.3 Å². The van der Waals surface area contributed by atoms with Gasteiger partial charge in [-0.2, -0.15) is 5.10 Å². The number of pyridine rings is 1. The predicted octanol–water partition coefficient (Wildman–Crippen LogP) is 3.86. The summed E-state index contributed by atoms with van der Waals surface area (Å²) in [6.07, 6.45) is 4.72. The molecule has 0 atom stereocenters. The van der Waals surface area contributed by atoms with Crippen LogP contribution in [0, 0.1) is 12.7 Å². The lowest BCUT2D eigenvalue weighted by molar-refractivity contribution is -0.111. The van der Waals surface area contributed by atoms with Crippen LogP contribution in [0.2, 0.25) is 5.15 Å². The number of anilines is 2. The summed E-state index contributed by atoms with van der Waals surface area (Å²) in [6, 6.07) is 9.44. The third-order valence-corrected chi connectivity index (χ3v) is 5.24. The molecule has 7 nitrogen and oxygen atoms in total. The van der Waals surface area contributed by atoms with Crippen LogP contribution in [0.4, 0.5) is 15.9 Å². The highest BCUT2D eigenvalue weighted by Gasteiger charge is 2.17. The molecule has 0 spiro atoms. The highest BCUT2D eigenvalue weighted by atomic mass is 35.5. The van der Waals surface area contributed by atoms with Crippen molar-refractivity contribution in [2.75, 3.05) is 36.5 Å². The summed E-state index contributed by atoms with van der Waals surface area (Å²) in [5, 5.41) is 7.61. The number of halogens is 2. The summed E-state index contributed by atoms with van der Waals surface area (Å²) >= 11 is 6.47. The fourth-order valence-electron chi connectivity index (χ4n) is 3.31. The van der Waals surface area contributed by atoms with Crippen LogP contribution in [0.15, 0.2) is 48.7 Å². The van der Waals surface area contributed by atoms with Gasteiger partial charge in [0.05, 0.1) is 30.3 Å². The molecule has 2 aromatic heterocycles. The Kier molecular flexibility index (Phi) is 6.29. The van der Waals surface area contributed by atoms with Crippen LogP contribution in [-0.4, -0.2) is 47.0 Å². The summed E-state index contributed by atoms with van der Waals surface area (Å²) in [5.74, 6) is 0.0609. The number of nitrogens with zero attached hydrogens (tertiary/aromatic N) is 4. The molecule has 1 aromatic carbocycles. The topological polar surface area (TPSA) is 72.3 Å². The Bertz CT molecular complexity index is 1110. The number of amides is 1. The Morgan fingerprint density at radius 2 is 1.97 bits per heavy atom. The van der Waals surface area contributed by atoms with Crippen molar-refractivity contribution < 1.29 is 13.9 Å². The monoisotopic (exact) mass is 441 g/mol. The first-order valence-electron chi connectivity index (χ1n) is 9.81. The maximum atomic E-state index is 13.2. The van der Waals surface area contributed by atoms with Gasteiger partial charge in [-0.3, -0.25) is 4.79 Å². The van der Waals surface area contributed by atoms with E-state index in [1.54, 1.807) is 37.4 Å². The van der Waals surface area contributed by atoms with Crippen LogP contribution in [0.3, 0.4) is 0 Å². The average molecular weight is 442 g/mol. The Morgan fingerprint density at radius 3 is 2.71 bits per heavy atom. The van der Waals surface area contributed by atoms with Gasteiger partial charge in [-0.25, -0.2) is 14.1 Å². The lowest BCUT2D eigenvalue weighted by Gasteiger charge is -2.29. The van der Waals surface area contributed by atoms with Gasteiger partial charge in [-0.15, -0.1) is 0 Å². The highest BCUT2D eigenvalue weighted by molar-refractivity contribution is 6.31. The molecular weight excluding hydrogens is 421 g/mol. The minimum atomic E-state index is -0.340. The summed E-state index contributed by atoms with van der Waals surface area (Å²) < 4.78 is 20.1. The molecule has 0 bridgehead atoms. The molecule has 4 rings (SSSR count). The second kappa shape index (κ2) is 9.28. The fraction of sp³-hybridized carbons (Fsp3) is 0.227. The molecule has 3 aromatic rings. The maximum absolute atomic E-state index is 13.2. The minimum absolute atomic E-state index is 0.312. The lowest BCUT2D eigenvalue weighted by atomic mass is 10.2. The van der Waals surface area contributed by atoms with Crippen molar-refractivity contribution >= 4 is 35.1 Å². The van der Waals surface area contributed by atoms with Crippen molar-refractivity contribution in [2.45, 2.75) is 6.92 Å². The molecule has 3 heterocycles. The lowest BCUT2D eigenvalue weighted by Crippen LogP contribution is -2.37.